The van der Waals surface area contributed by atoms with E-state index >= 15 is 0 Å². The van der Waals surface area contributed by atoms with E-state index < -0.39 is 0 Å². The molecule has 8 heteroatoms. The first-order valence-corrected chi connectivity index (χ1v) is 9.15. The second kappa shape index (κ2) is 7.40. The van der Waals surface area contributed by atoms with Crippen LogP contribution in [0.25, 0.3) is 0 Å². The standard InChI is InChI=1S/C19H22N4O4/c1-2-27-13-5-3-12(4-6-13)14-11-15(24)20-17-16(14)18(25)22-19(21-17)23-7-9-26-10-8-23/h3-6,14H,2,7-11H2,1H3,(H2,20,21,22,24,25). The molecule has 1 atom stereocenters. The fourth-order valence-electron chi connectivity index (χ4n) is 3.53. The summed E-state index contributed by atoms with van der Waals surface area (Å²) in [6.45, 7) is 4.98. The van der Waals surface area contributed by atoms with Crippen LogP contribution in [0.1, 0.15) is 30.4 Å². The Morgan fingerprint density at radius 3 is 2.67 bits per heavy atom. The minimum atomic E-state index is -0.334. The smallest absolute Gasteiger partial charge is 0.258 e. The first-order chi connectivity index (χ1) is 13.2. The molecule has 142 valence electrons. The van der Waals surface area contributed by atoms with E-state index in [1.807, 2.05) is 36.1 Å². The molecule has 1 saturated heterocycles. The molecule has 0 bridgehead atoms. The van der Waals surface area contributed by atoms with E-state index in [0.717, 1.165) is 11.3 Å². The maximum absolute atomic E-state index is 12.9. The van der Waals surface area contributed by atoms with Crippen LogP contribution in [0.15, 0.2) is 29.1 Å². The van der Waals surface area contributed by atoms with E-state index in [-0.39, 0.29) is 23.8 Å². The maximum atomic E-state index is 12.9. The van der Waals surface area contributed by atoms with Gasteiger partial charge in [0.15, 0.2) is 0 Å². The lowest BCUT2D eigenvalue weighted by Crippen LogP contribution is -2.40. The van der Waals surface area contributed by atoms with Crippen LogP contribution in [0.5, 0.6) is 5.75 Å². The number of morpholine rings is 1. The Balaban J connectivity index is 1.70. The molecule has 0 saturated carbocycles. The molecule has 1 aromatic carbocycles. The number of carbonyl (C=O) groups is 1. The highest BCUT2D eigenvalue weighted by atomic mass is 16.5. The fraction of sp³-hybridized carbons (Fsp3) is 0.421. The molecule has 0 radical (unpaired) electrons. The Morgan fingerprint density at radius 2 is 1.96 bits per heavy atom. The summed E-state index contributed by atoms with van der Waals surface area (Å²) in [6.07, 6.45) is 0.211. The van der Waals surface area contributed by atoms with Gasteiger partial charge in [-0.25, -0.2) is 0 Å². The lowest BCUT2D eigenvalue weighted by molar-refractivity contribution is -0.116. The van der Waals surface area contributed by atoms with Crippen LogP contribution in [-0.2, 0) is 9.53 Å². The highest BCUT2D eigenvalue weighted by Gasteiger charge is 2.31. The van der Waals surface area contributed by atoms with Gasteiger partial charge in [-0.05, 0) is 24.6 Å². The minimum absolute atomic E-state index is 0.146. The summed E-state index contributed by atoms with van der Waals surface area (Å²) in [4.78, 5) is 34.5. The van der Waals surface area contributed by atoms with Gasteiger partial charge in [0.1, 0.15) is 11.6 Å². The van der Waals surface area contributed by atoms with E-state index in [9.17, 15) is 9.59 Å². The van der Waals surface area contributed by atoms with Crippen molar-refractivity contribution in [2.75, 3.05) is 43.1 Å². The lowest BCUT2D eigenvalue weighted by Gasteiger charge is -2.29. The van der Waals surface area contributed by atoms with E-state index in [4.69, 9.17) is 9.47 Å². The van der Waals surface area contributed by atoms with Crippen LogP contribution in [0.2, 0.25) is 0 Å². The average Bonchev–Trinajstić information content (AvgIpc) is 2.68. The predicted molar refractivity (Wildman–Crippen MR) is 101 cm³/mol. The van der Waals surface area contributed by atoms with Crippen molar-refractivity contribution in [3.63, 3.8) is 0 Å². The van der Waals surface area contributed by atoms with Gasteiger partial charge < -0.3 is 19.7 Å². The van der Waals surface area contributed by atoms with Gasteiger partial charge in [-0.1, -0.05) is 12.1 Å². The molecule has 1 aromatic heterocycles. The zero-order chi connectivity index (χ0) is 18.8. The molecule has 0 aliphatic carbocycles. The highest BCUT2D eigenvalue weighted by molar-refractivity contribution is 5.94. The number of H-pyrrole nitrogens is 1. The lowest BCUT2D eigenvalue weighted by atomic mass is 9.87. The predicted octanol–water partition coefficient (Wildman–Crippen LogP) is 1.48. The molecule has 1 fully saturated rings. The van der Waals surface area contributed by atoms with Crippen molar-refractivity contribution in [3.05, 3.63) is 45.7 Å². The van der Waals surface area contributed by atoms with E-state index in [1.54, 1.807) is 0 Å². The largest absolute Gasteiger partial charge is 0.494 e. The number of nitrogens with one attached hydrogen (secondary N) is 2. The summed E-state index contributed by atoms with van der Waals surface area (Å²) in [6, 6.07) is 7.50. The second-order valence-electron chi connectivity index (χ2n) is 6.56. The normalized spacial score (nSPS) is 19.4. The molecule has 2 aliphatic rings. The quantitative estimate of drug-likeness (QED) is 0.846. The molecule has 2 N–H and O–H groups in total. The van der Waals surface area contributed by atoms with E-state index in [1.165, 1.54) is 0 Å². The third-order valence-corrected chi connectivity index (χ3v) is 4.84. The fourth-order valence-corrected chi connectivity index (χ4v) is 3.53. The number of aromatic amines is 1. The van der Waals surface area contributed by atoms with Gasteiger partial charge in [0.05, 0.1) is 25.4 Å². The molecular formula is C19H22N4O4. The number of rotatable bonds is 4. The molecule has 0 spiro atoms. The van der Waals surface area contributed by atoms with Gasteiger partial charge in [-0.3, -0.25) is 14.6 Å². The number of hydrogen-bond donors (Lipinski definition) is 2. The Hall–Kier alpha value is -2.87. The summed E-state index contributed by atoms with van der Waals surface area (Å²) in [5.41, 5.74) is 1.16. The summed E-state index contributed by atoms with van der Waals surface area (Å²) >= 11 is 0. The maximum Gasteiger partial charge on any atom is 0.258 e. The number of carbonyl (C=O) groups excluding carboxylic acids is 1. The minimum Gasteiger partial charge on any atom is -0.494 e. The van der Waals surface area contributed by atoms with E-state index in [2.05, 4.69) is 15.3 Å². The Morgan fingerprint density at radius 1 is 1.22 bits per heavy atom. The Bertz CT molecular complexity index is 888. The number of aromatic nitrogens is 2. The van der Waals surface area contributed by atoms with Crippen molar-refractivity contribution in [3.8, 4) is 5.75 Å². The number of benzene rings is 1. The van der Waals surface area contributed by atoms with Gasteiger partial charge >= 0.3 is 0 Å². The van der Waals surface area contributed by atoms with Crippen molar-refractivity contribution in [2.45, 2.75) is 19.3 Å². The van der Waals surface area contributed by atoms with Gasteiger partial charge in [0.2, 0.25) is 11.9 Å². The summed E-state index contributed by atoms with van der Waals surface area (Å²) in [7, 11) is 0. The molecule has 2 aromatic rings. The number of hydrogen-bond acceptors (Lipinski definition) is 6. The Kier molecular flexibility index (Phi) is 4.81. The molecule has 2 aliphatic heterocycles. The van der Waals surface area contributed by atoms with Gasteiger partial charge in [-0.15, -0.1) is 0 Å². The van der Waals surface area contributed by atoms with Crippen LogP contribution in [-0.4, -0.2) is 48.8 Å². The molecule has 8 nitrogen and oxygen atoms in total. The first kappa shape index (κ1) is 17.5. The monoisotopic (exact) mass is 370 g/mol. The summed E-state index contributed by atoms with van der Waals surface area (Å²) in [5, 5.41) is 2.76. The van der Waals surface area contributed by atoms with Crippen LogP contribution >= 0.6 is 0 Å². The van der Waals surface area contributed by atoms with Crippen LogP contribution < -0.4 is 20.5 Å². The number of anilines is 2. The molecule has 1 amide bonds. The van der Waals surface area contributed by atoms with Crippen LogP contribution in [0.4, 0.5) is 11.8 Å². The molecule has 3 heterocycles. The zero-order valence-corrected chi connectivity index (χ0v) is 15.2. The van der Waals surface area contributed by atoms with E-state index in [0.29, 0.717) is 50.2 Å². The van der Waals surface area contributed by atoms with Gasteiger partial charge in [-0.2, -0.15) is 4.98 Å². The molecule has 27 heavy (non-hydrogen) atoms. The van der Waals surface area contributed by atoms with Crippen molar-refractivity contribution in [2.24, 2.45) is 0 Å². The zero-order valence-electron chi connectivity index (χ0n) is 15.2. The number of fused-ring (bicyclic) bond motifs is 1. The van der Waals surface area contributed by atoms with Gasteiger partial charge in [0, 0.05) is 25.4 Å². The van der Waals surface area contributed by atoms with Crippen LogP contribution in [0, 0.1) is 0 Å². The second-order valence-corrected chi connectivity index (χ2v) is 6.56. The van der Waals surface area contributed by atoms with Gasteiger partial charge in [0.25, 0.3) is 5.56 Å². The topological polar surface area (TPSA) is 96.5 Å². The third-order valence-electron chi connectivity index (χ3n) is 4.84. The first-order valence-electron chi connectivity index (χ1n) is 9.15. The average molecular weight is 370 g/mol. The summed E-state index contributed by atoms with van der Waals surface area (Å²) in [5.74, 6) is 1.09. The number of nitrogens with zero attached hydrogens (tertiary/aromatic N) is 2. The SMILES string of the molecule is CCOc1ccc(C2CC(=O)Nc3nc(N4CCOCC4)[nH]c(=O)c32)cc1. The molecular weight excluding hydrogens is 348 g/mol. The van der Waals surface area contributed by atoms with Crippen molar-refractivity contribution in [1.29, 1.82) is 0 Å². The Labute approximate surface area is 156 Å². The van der Waals surface area contributed by atoms with Crippen molar-refractivity contribution >= 4 is 17.7 Å². The number of ether oxygens (including phenoxy) is 2. The number of amides is 1. The highest BCUT2D eigenvalue weighted by Crippen LogP contribution is 2.35. The van der Waals surface area contributed by atoms with Crippen LogP contribution in [0.3, 0.4) is 0 Å². The van der Waals surface area contributed by atoms with Crippen molar-refractivity contribution < 1.29 is 14.3 Å². The molecule has 1 unspecified atom stereocenters. The summed E-state index contributed by atoms with van der Waals surface area (Å²) < 4.78 is 10.8. The third kappa shape index (κ3) is 3.52. The molecule has 4 rings (SSSR count). The van der Waals surface area contributed by atoms with Crippen molar-refractivity contribution in [1.82, 2.24) is 9.97 Å².